The predicted octanol–water partition coefficient (Wildman–Crippen LogP) is 3.35. The molecule has 0 spiro atoms. The molecule has 0 saturated heterocycles. The van der Waals surface area contributed by atoms with Gasteiger partial charge in [-0.15, -0.1) is 11.8 Å². The Bertz CT molecular complexity index is 427. The largest absolute Gasteiger partial charge is 0.327 e. The van der Waals surface area contributed by atoms with Crippen LogP contribution in [-0.2, 0) is 6.42 Å². The predicted molar refractivity (Wildman–Crippen MR) is 75.3 cm³/mol. The quantitative estimate of drug-likeness (QED) is 0.815. The van der Waals surface area contributed by atoms with Gasteiger partial charge < -0.3 is 5.73 Å². The average molecular weight is 243 g/mol. The fraction of sp³-hybridized carbons (Fsp3) is 0.200. The molecule has 1 nitrogen and oxygen atoms in total. The van der Waals surface area contributed by atoms with Gasteiger partial charge in [0.1, 0.15) is 0 Å². The second-order valence-electron chi connectivity index (χ2n) is 4.07. The molecule has 1 atom stereocenters. The lowest BCUT2D eigenvalue weighted by atomic mass is 10.1. The van der Waals surface area contributed by atoms with Gasteiger partial charge in [-0.05, 0) is 24.1 Å². The van der Waals surface area contributed by atoms with E-state index in [1.165, 1.54) is 10.5 Å². The van der Waals surface area contributed by atoms with E-state index in [4.69, 9.17) is 5.73 Å². The summed E-state index contributed by atoms with van der Waals surface area (Å²) in [6.45, 7) is 0. The van der Waals surface area contributed by atoms with Crippen molar-refractivity contribution in [2.24, 2.45) is 5.73 Å². The zero-order valence-corrected chi connectivity index (χ0v) is 10.6. The van der Waals surface area contributed by atoms with Gasteiger partial charge in [-0.25, -0.2) is 0 Å². The van der Waals surface area contributed by atoms with Gasteiger partial charge in [0.15, 0.2) is 0 Å². The monoisotopic (exact) mass is 243 g/mol. The third-order valence-corrected chi connectivity index (χ3v) is 3.75. The van der Waals surface area contributed by atoms with Gasteiger partial charge in [-0.2, -0.15) is 0 Å². The first-order valence-electron chi connectivity index (χ1n) is 5.82. The lowest BCUT2D eigenvalue weighted by molar-refractivity contribution is 0.749. The molecule has 0 amide bonds. The molecule has 0 aliphatic heterocycles. The number of rotatable bonds is 5. The summed E-state index contributed by atoms with van der Waals surface area (Å²) >= 11 is 1.82. The van der Waals surface area contributed by atoms with E-state index in [0.717, 1.165) is 12.2 Å². The van der Waals surface area contributed by atoms with E-state index in [9.17, 15) is 0 Å². The first kappa shape index (κ1) is 12.2. The Hall–Kier alpha value is -1.25. The van der Waals surface area contributed by atoms with Crippen LogP contribution in [0.4, 0.5) is 0 Å². The molecule has 2 rings (SSSR count). The van der Waals surface area contributed by atoms with Crippen molar-refractivity contribution in [3.63, 3.8) is 0 Å². The molecular weight excluding hydrogens is 226 g/mol. The maximum absolute atomic E-state index is 6.13. The van der Waals surface area contributed by atoms with Crippen LogP contribution in [0.2, 0.25) is 0 Å². The van der Waals surface area contributed by atoms with Gasteiger partial charge in [0.2, 0.25) is 0 Å². The molecule has 0 aliphatic rings. The summed E-state index contributed by atoms with van der Waals surface area (Å²) < 4.78 is 0. The summed E-state index contributed by atoms with van der Waals surface area (Å²) in [7, 11) is 0. The molecule has 0 radical (unpaired) electrons. The number of nitrogens with two attached hydrogens (primary N) is 1. The fourth-order valence-corrected chi connectivity index (χ4v) is 2.57. The minimum atomic E-state index is 0.211. The van der Waals surface area contributed by atoms with Crippen LogP contribution in [0.3, 0.4) is 0 Å². The van der Waals surface area contributed by atoms with Crippen LogP contribution in [0.5, 0.6) is 0 Å². The average Bonchev–Trinajstić information content (AvgIpc) is 2.39. The molecule has 88 valence electrons. The van der Waals surface area contributed by atoms with Crippen LogP contribution in [0.1, 0.15) is 5.56 Å². The molecule has 17 heavy (non-hydrogen) atoms. The first-order chi connectivity index (χ1) is 8.34. The maximum atomic E-state index is 6.13. The zero-order chi connectivity index (χ0) is 11.9. The van der Waals surface area contributed by atoms with Crippen LogP contribution in [0, 0.1) is 0 Å². The number of thioether (sulfide) groups is 1. The van der Waals surface area contributed by atoms with Crippen LogP contribution < -0.4 is 5.73 Å². The van der Waals surface area contributed by atoms with Crippen LogP contribution in [-0.4, -0.2) is 11.8 Å². The van der Waals surface area contributed by atoms with E-state index in [0.29, 0.717) is 0 Å². The van der Waals surface area contributed by atoms with Gasteiger partial charge in [0, 0.05) is 16.7 Å². The Morgan fingerprint density at radius 3 is 2.12 bits per heavy atom. The molecule has 2 N–H and O–H groups in total. The van der Waals surface area contributed by atoms with E-state index in [1.807, 2.05) is 23.9 Å². The smallest absolute Gasteiger partial charge is 0.0174 e. The van der Waals surface area contributed by atoms with Gasteiger partial charge in [-0.3, -0.25) is 0 Å². The normalized spacial score (nSPS) is 12.3. The van der Waals surface area contributed by atoms with Crippen molar-refractivity contribution >= 4 is 11.8 Å². The summed E-state index contributed by atoms with van der Waals surface area (Å²) in [5.74, 6) is 0.957. The summed E-state index contributed by atoms with van der Waals surface area (Å²) in [6, 6.07) is 21.0. The van der Waals surface area contributed by atoms with E-state index >= 15 is 0 Å². The Morgan fingerprint density at radius 1 is 0.882 bits per heavy atom. The molecule has 0 aliphatic carbocycles. The van der Waals surface area contributed by atoms with Crippen molar-refractivity contribution in [2.75, 3.05) is 5.75 Å². The van der Waals surface area contributed by atoms with Gasteiger partial charge in [0.05, 0.1) is 0 Å². The molecule has 0 aromatic heterocycles. The van der Waals surface area contributed by atoms with E-state index < -0.39 is 0 Å². The van der Waals surface area contributed by atoms with Crippen LogP contribution >= 0.6 is 11.8 Å². The van der Waals surface area contributed by atoms with E-state index in [1.54, 1.807) is 0 Å². The molecule has 2 aromatic rings. The molecular formula is C15H17NS. The Balaban J connectivity index is 1.80. The maximum Gasteiger partial charge on any atom is 0.0174 e. The Labute approximate surface area is 107 Å². The highest BCUT2D eigenvalue weighted by Crippen LogP contribution is 2.18. The SMILES string of the molecule is N[C@H](CSc1ccccc1)Cc1ccccc1. The number of hydrogen-bond donors (Lipinski definition) is 1. The van der Waals surface area contributed by atoms with Crippen molar-refractivity contribution in [1.82, 2.24) is 0 Å². The second kappa shape index (κ2) is 6.48. The molecule has 0 bridgehead atoms. The molecule has 0 fully saturated rings. The third kappa shape index (κ3) is 4.25. The molecule has 0 saturated carbocycles. The molecule has 0 unspecified atom stereocenters. The lowest BCUT2D eigenvalue weighted by Crippen LogP contribution is -2.25. The first-order valence-corrected chi connectivity index (χ1v) is 6.80. The Morgan fingerprint density at radius 2 is 1.47 bits per heavy atom. The highest BCUT2D eigenvalue weighted by Gasteiger charge is 2.04. The van der Waals surface area contributed by atoms with Crippen molar-refractivity contribution in [1.29, 1.82) is 0 Å². The topological polar surface area (TPSA) is 26.0 Å². The minimum absolute atomic E-state index is 0.211. The third-order valence-electron chi connectivity index (χ3n) is 2.55. The van der Waals surface area contributed by atoms with Gasteiger partial charge in [0.25, 0.3) is 0 Å². The van der Waals surface area contributed by atoms with E-state index in [-0.39, 0.29) is 6.04 Å². The highest BCUT2D eigenvalue weighted by molar-refractivity contribution is 7.99. The molecule has 2 heteroatoms. The van der Waals surface area contributed by atoms with Crippen molar-refractivity contribution in [3.05, 3.63) is 66.2 Å². The summed E-state index contributed by atoms with van der Waals surface area (Å²) in [4.78, 5) is 1.29. The zero-order valence-electron chi connectivity index (χ0n) is 9.75. The van der Waals surface area contributed by atoms with Crippen molar-refractivity contribution in [3.8, 4) is 0 Å². The summed E-state index contributed by atoms with van der Waals surface area (Å²) in [5, 5.41) is 0. The Kier molecular flexibility index (Phi) is 4.65. The molecule has 0 heterocycles. The highest BCUT2D eigenvalue weighted by atomic mass is 32.2. The second-order valence-corrected chi connectivity index (χ2v) is 5.17. The summed E-state index contributed by atoms with van der Waals surface area (Å²) in [5.41, 5.74) is 7.45. The van der Waals surface area contributed by atoms with Gasteiger partial charge in [-0.1, -0.05) is 48.5 Å². The number of hydrogen-bond acceptors (Lipinski definition) is 2. The minimum Gasteiger partial charge on any atom is -0.327 e. The number of benzene rings is 2. The van der Waals surface area contributed by atoms with Gasteiger partial charge >= 0.3 is 0 Å². The van der Waals surface area contributed by atoms with Crippen molar-refractivity contribution < 1.29 is 0 Å². The molecule has 2 aromatic carbocycles. The van der Waals surface area contributed by atoms with Crippen molar-refractivity contribution in [2.45, 2.75) is 17.4 Å². The fourth-order valence-electron chi connectivity index (χ4n) is 1.70. The van der Waals surface area contributed by atoms with Crippen LogP contribution in [0.15, 0.2) is 65.6 Å². The van der Waals surface area contributed by atoms with E-state index in [2.05, 4.69) is 48.5 Å². The van der Waals surface area contributed by atoms with Crippen LogP contribution in [0.25, 0.3) is 0 Å². The summed E-state index contributed by atoms with van der Waals surface area (Å²) in [6.07, 6.45) is 0.945. The standard InChI is InChI=1S/C15H17NS/c16-14(11-13-7-3-1-4-8-13)12-17-15-9-5-2-6-10-15/h1-10,14H,11-12,16H2/t14-/m0/s1. The lowest BCUT2D eigenvalue weighted by Gasteiger charge is -2.11.